The fraction of sp³-hybridized carbons (Fsp3) is 0. The van der Waals surface area contributed by atoms with Gasteiger partial charge in [-0.1, -0.05) is 11.6 Å². The quantitative estimate of drug-likeness (QED) is 0.526. The number of hydrogen-bond acceptors (Lipinski definition) is 2. The first-order chi connectivity index (χ1) is 3.30. The molecule has 0 amide bonds. The molecule has 0 saturated heterocycles. The van der Waals surface area contributed by atoms with E-state index in [-0.39, 0.29) is 0 Å². The summed E-state index contributed by atoms with van der Waals surface area (Å²) < 4.78 is 3.76. The molecular weight excluding hydrogens is 130 g/mol. The van der Waals surface area contributed by atoms with Crippen molar-refractivity contribution in [1.82, 2.24) is 4.37 Å². The van der Waals surface area contributed by atoms with Gasteiger partial charge in [-0.3, -0.25) is 0 Å². The summed E-state index contributed by atoms with van der Waals surface area (Å²) in [6.07, 6.45) is 0. The second-order valence-electron chi connectivity index (χ2n) is 1.13. The van der Waals surface area contributed by atoms with Crippen LogP contribution in [-0.2, 0) is 0 Å². The van der Waals surface area contributed by atoms with Gasteiger partial charge in [0.15, 0.2) is 0 Å². The van der Waals surface area contributed by atoms with Crippen molar-refractivity contribution in [2.24, 2.45) is 0 Å². The van der Waals surface area contributed by atoms with Crippen LogP contribution in [0.25, 0.3) is 0 Å². The Hall–Kier alpha value is -0.0800. The number of nitrogens with zero attached hydrogens (tertiary/aromatic N) is 1. The molecule has 0 aromatic carbocycles. The van der Waals surface area contributed by atoms with Gasteiger partial charge >= 0.3 is 0 Å². The number of aromatic nitrogens is 1. The SMILES string of the molecule is [CH2]c1csnc1Cl. The van der Waals surface area contributed by atoms with Crippen molar-refractivity contribution in [3.63, 3.8) is 0 Å². The third-order valence-electron chi connectivity index (χ3n) is 0.593. The lowest BCUT2D eigenvalue weighted by Crippen LogP contribution is -1.60. The van der Waals surface area contributed by atoms with Crippen LogP contribution in [0.4, 0.5) is 0 Å². The molecule has 1 aromatic rings. The molecule has 0 spiro atoms. The van der Waals surface area contributed by atoms with E-state index in [0.717, 1.165) is 5.56 Å². The molecule has 7 heavy (non-hydrogen) atoms. The van der Waals surface area contributed by atoms with Crippen LogP contribution in [0.1, 0.15) is 5.56 Å². The largest absolute Gasteiger partial charge is 0.181 e. The monoisotopic (exact) mass is 132 g/mol. The minimum Gasteiger partial charge on any atom is -0.181 e. The Bertz CT molecular complexity index is 144. The molecule has 0 aliphatic carbocycles. The van der Waals surface area contributed by atoms with E-state index in [9.17, 15) is 0 Å². The summed E-state index contributed by atoms with van der Waals surface area (Å²) in [5, 5.41) is 2.33. The fourth-order valence-electron chi connectivity index (χ4n) is 0.243. The third-order valence-corrected chi connectivity index (χ3v) is 1.70. The predicted molar refractivity (Wildman–Crippen MR) is 31.6 cm³/mol. The van der Waals surface area contributed by atoms with Crippen LogP contribution in [0.5, 0.6) is 0 Å². The van der Waals surface area contributed by atoms with Gasteiger partial charge in [0.25, 0.3) is 0 Å². The molecule has 3 heteroatoms. The van der Waals surface area contributed by atoms with Crippen molar-refractivity contribution in [3.05, 3.63) is 23.0 Å². The Balaban J connectivity index is 3.12. The highest BCUT2D eigenvalue weighted by molar-refractivity contribution is 7.04. The standard InChI is InChI=1S/C4H3ClNS/c1-3-2-7-6-4(3)5/h2H,1H2. The molecule has 0 unspecified atom stereocenters. The molecule has 1 aromatic heterocycles. The Kier molecular flexibility index (Phi) is 1.30. The van der Waals surface area contributed by atoms with Gasteiger partial charge < -0.3 is 0 Å². The normalized spacial score (nSPS) is 9.43. The van der Waals surface area contributed by atoms with Gasteiger partial charge in [-0.05, 0) is 18.5 Å². The summed E-state index contributed by atoms with van der Waals surface area (Å²) in [6, 6.07) is 0. The third kappa shape index (κ3) is 0.924. The van der Waals surface area contributed by atoms with E-state index in [2.05, 4.69) is 11.3 Å². The number of rotatable bonds is 0. The van der Waals surface area contributed by atoms with Gasteiger partial charge in [0, 0.05) is 10.9 Å². The molecule has 0 fully saturated rings. The summed E-state index contributed by atoms with van der Waals surface area (Å²) in [7, 11) is 0. The highest BCUT2D eigenvalue weighted by atomic mass is 35.5. The Morgan fingerprint density at radius 1 is 1.86 bits per heavy atom. The first-order valence-electron chi connectivity index (χ1n) is 1.72. The summed E-state index contributed by atoms with van der Waals surface area (Å²) in [5.41, 5.74) is 0.812. The minimum absolute atomic E-state index is 0.519. The Morgan fingerprint density at radius 3 is 2.71 bits per heavy atom. The average molecular weight is 133 g/mol. The molecule has 1 radical (unpaired) electrons. The van der Waals surface area contributed by atoms with Gasteiger partial charge in [0.05, 0.1) is 0 Å². The summed E-state index contributed by atoms with van der Waals surface area (Å²) in [5.74, 6) is 0. The van der Waals surface area contributed by atoms with E-state index in [0.29, 0.717) is 5.15 Å². The maximum atomic E-state index is 5.46. The second-order valence-corrected chi connectivity index (χ2v) is 2.12. The van der Waals surface area contributed by atoms with E-state index in [1.54, 1.807) is 0 Å². The lowest BCUT2D eigenvalue weighted by atomic mass is 10.4. The Morgan fingerprint density at radius 2 is 2.57 bits per heavy atom. The van der Waals surface area contributed by atoms with Gasteiger partial charge in [0.2, 0.25) is 0 Å². The van der Waals surface area contributed by atoms with Crippen LogP contribution in [-0.4, -0.2) is 4.37 Å². The van der Waals surface area contributed by atoms with Crippen molar-refractivity contribution in [2.45, 2.75) is 0 Å². The zero-order valence-electron chi connectivity index (χ0n) is 3.52. The first kappa shape index (κ1) is 5.06. The summed E-state index contributed by atoms with van der Waals surface area (Å²) in [4.78, 5) is 0. The van der Waals surface area contributed by atoms with E-state index in [1.165, 1.54) is 11.5 Å². The van der Waals surface area contributed by atoms with Crippen LogP contribution in [0, 0.1) is 6.92 Å². The van der Waals surface area contributed by atoms with Crippen molar-refractivity contribution in [1.29, 1.82) is 0 Å². The van der Waals surface area contributed by atoms with Gasteiger partial charge in [0.1, 0.15) is 5.15 Å². The topological polar surface area (TPSA) is 12.9 Å². The number of hydrogen-bond donors (Lipinski definition) is 0. The molecule has 1 nitrogen and oxygen atoms in total. The smallest absolute Gasteiger partial charge is 0.146 e. The van der Waals surface area contributed by atoms with Crippen LogP contribution in [0.2, 0.25) is 5.15 Å². The fourth-order valence-corrected chi connectivity index (χ4v) is 0.984. The molecule has 0 N–H and O–H groups in total. The lowest BCUT2D eigenvalue weighted by Gasteiger charge is -1.74. The summed E-state index contributed by atoms with van der Waals surface area (Å²) >= 11 is 6.78. The average Bonchev–Trinajstić information content (AvgIpc) is 1.91. The van der Waals surface area contributed by atoms with Crippen LogP contribution < -0.4 is 0 Å². The molecule has 37 valence electrons. The van der Waals surface area contributed by atoms with E-state index in [4.69, 9.17) is 11.6 Å². The van der Waals surface area contributed by atoms with E-state index in [1.807, 2.05) is 5.38 Å². The van der Waals surface area contributed by atoms with Crippen molar-refractivity contribution < 1.29 is 0 Å². The molecule has 0 atom stereocenters. The molecule has 0 saturated carbocycles. The summed E-state index contributed by atoms with van der Waals surface area (Å²) in [6.45, 7) is 3.60. The number of halogens is 1. The molecule has 0 aliphatic heterocycles. The van der Waals surface area contributed by atoms with E-state index >= 15 is 0 Å². The van der Waals surface area contributed by atoms with Crippen LogP contribution >= 0.6 is 23.1 Å². The zero-order chi connectivity index (χ0) is 5.28. The maximum absolute atomic E-state index is 5.46. The molecule has 0 bridgehead atoms. The second kappa shape index (κ2) is 1.80. The molecule has 1 rings (SSSR count). The zero-order valence-corrected chi connectivity index (χ0v) is 5.09. The van der Waals surface area contributed by atoms with Gasteiger partial charge in [-0.2, -0.15) is 4.37 Å². The van der Waals surface area contributed by atoms with Gasteiger partial charge in [-0.15, -0.1) is 0 Å². The molecule has 0 aliphatic rings. The minimum atomic E-state index is 0.519. The highest BCUT2D eigenvalue weighted by Gasteiger charge is 1.92. The van der Waals surface area contributed by atoms with Crippen molar-refractivity contribution >= 4 is 23.1 Å². The van der Waals surface area contributed by atoms with E-state index < -0.39 is 0 Å². The lowest BCUT2D eigenvalue weighted by molar-refractivity contribution is 1.54. The predicted octanol–water partition coefficient (Wildman–Crippen LogP) is 1.98. The first-order valence-corrected chi connectivity index (χ1v) is 2.94. The van der Waals surface area contributed by atoms with Crippen LogP contribution in [0.3, 0.4) is 0 Å². The van der Waals surface area contributed by atoms with Crippen molar-refractivity contribution in [2.75, 3.05) is 0 Å². The van der Waals surface area contributed by atoms with Crippen molar-refractivity contribution in [3.8, 4) is 0 Å². The highest BCUT2D eigenvalue weighted by Crippen LogP contribution is 2.13. The van der Waals surface area contributed by atoms with Gasteiger partial charge in [-0.25, -0.2) is 0 Å². The molecule has 1 heterocycles. The maximum Gasteiger partial charge on any atom is 0.146 e. The van der Waals surface area contributed by atoms with Crippen LogP contribution in [0.15, 0.2) is 5.38 Å². The molecular formula is C4H3ClNS. The Labute approximate surface area is 51.1 Å².